The van der Waals surface area contributed by atoms with Crippen molar-refractivity contribution in [1.82, 2.24) is 0 Å². The molecule has 0 N–H and O–H groups in total. The van der Waals surface area contributed by atoms with Crippen molar-refractivity contribution < 1.29 is 118 Å². The fourth-order valence-corrected chi connectivity index (χ4v) is 1.90. The molecule has 0 spiro atoms. The predicted octanol–water partition coefficient (Wildman–Crippen LogP) is 0.981. The van der Waals surface area contributed by atoms with Crippen LogP contribution in [-0.4, -0.2) is 7.11 Å². The molecule has 3 rings (SSSR count). The molecule has 0 amide bonds. The summed E-state index contributed by atoms with van der Waals surface area (Å²) in [6.45, 7) is 14.1. The molecule has 0 bridgehead atoms. The van der Waals surface area contributed by atoms with Crippen molar-refractivity contribution >= 4 is 0 Å². The van der Waals surface area contributed by atoms with Crippen molar-refractivity contribution in [3.8, 4) is 17.2 Å². The van der Waals surface area contributed by atoms with E-state index in [1.54, 1.807) is 31.4 Å². The Bertz CT molecular complexity index is 721. The molecular formula is C28H40K2O3. The maximum Gasteiger partial charge on any atom is 1.00 e. The minimum atomic E-state index is 0. The van der Waals surface area contributed by atoms with E-state index in [-0.39, 0.29) is 114 Å². The van der Waals surface area contributed by atoms with Crippen molar-refractivity contribution in [2.45, 2.75) is 61.3 Å². The molecule has 0 radical (unpaired) electrons. The second-order valence-corrected chi connectivity index (χ2v) is 6.91. The van der Waals surface area contributed by atoms with Gasteiger partial charge in [-0.2, -0.15) is 0 Å². The van der Waals surface area contributed by atoms with Gasteiger partial charge < -0.3 is 14.9 Å². The zero-order chi connectivity index (χ0) is 24.1. The van der Waals surface area contributed by atoms with Crippen molar-refractivity contribution in [3.05, 3.63) is 89.5 Å². The van der Waals surface area contributed by atoms with Crippen molar-refractivity contribution in [2.24, 2.45) is 0 Å². The van der Waals surface area contributed by atoms with Crippen molar-refractivity contribution in [1.29, 1.82) is 0 Å². The van der Waals surface area contributed by atoms with Gasteiger partial charge in [-0.25, -0.2) is 0 Å². The van der Waals surface area contributed by atoms with Gasteiger partial charge in [-0.3, -0.25) is 0 Å². The molecule has 0 saturated carbocycles. The van der Waals surface area contributed by atoms with E-state index in [0.717, 1.165) is 16.9 Å². The number of ether oxygens (including phenoxy) is 1. The van der Waals surface area contributed by atoms with Gasteiger partial charge in [0.05, 0.1) is 7.11 Å². The van der Waals surface area contributed by atoms with Gasteiger partial charge in [0, 0.05) is 0 Å². The van der Waals surface area contributed by atoms with Gasteiger partial charge in [-0.05, 0) is 32.4 Å². The summed E-state index contributed by atoms with van der Waals surface area (Å²) in [5.74, 6) is 1.19. The SMILES string of the molecule is CCC.CCC.COc1ccccc1C.Cc1ccccc1[O-].Cc1ccccc1[O-].[K+].[K+]. The predicted molar refractivity (Wildman–Crippen MR) is 131 cm³/mol. The average Bonchev–Trinajstić information content (AvgIpc) is 2.75. The summed E-state index contributed by atoms with van der Waals surface area (Å²) in [5, 5.41) is 21.2. The van der Waals surface area contributed by atoms with E-state index in [0.29, 0.717) is 0 Å². The van der Waals surface area contributed by atoms with Gasteiger partial charge >= 0.3 is 103 Å². The summed E-state index contributed by atoms with van der Waals surface area (Å²) >= 11 is 0. The number of methoxy groups -OCH3 is 1. The van der Waals surface area contributed by atoms with Gasteiger partial charge in [0.1, 0.15) is 5.75 Å². The molecule has 0 aromatic heterocycles. The first-order chi connectivity index (χ1) is 14.8. The van der Waals surface area contributed by atoms with E-state index in [4.69, 9.17) is 4.74 Å². The topological polar surface area (TPSA) is 55.3 Å². The fourth-order valence-electron chi connectivity index (χ4n) is 1.90. The molecule has 0 aliphatic rings. The molecule has 5 heteroatoms. The summed E-state index contributed by atoms with van der Waals surface area (Å²) in [6, 6.07) is 21.9. The van der Waals surface area contributed by atoms with Crippen LogP contribution in [0.5, 0.6) is 17.2 Å². The standard InChI is InChI=1S/C8H10O.2C7H8O.2C3H8.2K/c1-7-5-3-4-6-8(7)9-2;2*1-6-4-2-3-5-7(6)8;2*1-3-2;;/h3-6H,1-2H3;2*2-5,8H,1H3;2*3H2,1-2H3;;/q;;;;;2*+1/p-2. The molecule has 0 unspecified atom stereocenters. The molecule has 0 aliphatic heterocycles. The Kier molecular flexibility index (Phi) is 35.1. The van der Waals surface area contributed by atoms with Crippen LogP contribution in [0.2, 0.25) is 0 Å². The van der Waals surface area contributed by atoms with Crippen LogP contribution in [0.3, 0.4) is 0 Å². The summed E-state index contributed by atoms with van der Waals surface area (Å²) in [7, 11) is 1.68. The molecule has 0 saturated heterocycles. The minimum absolute atomic E-state index is 0. The molecule has 3 aromatic carbocycles. The van der Waals surface area contributed by atoms with E-state index < -0.39 is 0 Å². The number of hydrogen-bond acceptors (Lipinski definition) is 3. The Balaban J connectivity index is -0.000000167. The first kappa shape index (κ1) is 40.5. The van der Waals surface area contributed by atoms with E-state index in [1.165, 1.54) is 18.4 Å². The Morgan fingerprint density at radius 3 is 1.00 bits per heavy atom. The quantitative estimate of drug-likeness (QED) is 0.466. The van der Waals surface area contributed by atoms with Gasteiger partial charge in [0.25, 0.3) is 0 Å². The van der Waals surface area contributed by atoms with Crippen LogP contribution in [0.25, 0.3) is 0 Å². The summed E-state index contributed by atoms with van der Waals surface area (Å²) in [5.41, 5.74) is 2.81. The Morgan fingerprint density at radius 1 is 0.545 bits per heavy atom. The molecule has 3 nitrogen and oxygen atoms in total. The van der Waals surface area contributed by atoms with Gasteiger partial charge in [0.15, 0.2) is 0 Å². The average molecular weight is 503 g/mol. The van der Waals surface area contributed by atoms with Crippen LogP contribution < -0.4 is 118 Å². The molecule has 0 fully saturated rings. The molecule has 33 heavy (non-hydrogen) atoms. The fraction of sp³-hybridized carbons (Fsp3) is 0.357. The van der Waals surface area contributed by atoms with Crippen LogP contribution in [0.4, 0.5) is 0 Å². The Labute approximate surface area is 288 Å². The molecule has 172 valence electrons. The minimum Gasteiger partial charge on any atom is -0.872 e. The Morgan fingerprint density at radius 2 is 0.818 bits per heavy atom. The monoisotopic (exact) mass is 502 g/mol. The first-order valence-electron chi connectivity index (χ1n) is 10.8. The number of benzene rings is 3. The zero-order valence-electron chi connectivity index (χ0n) is 22.6. The van der Waals surface area contributed by atoms with Crippen LogP contribution >= 0.6 is 0 Å². The molecular weight excluding hydrogens is 463 g/mol. The van der Waals surface area contributed by atoms with E-state index in [2.05, 4.69) is 27.7 Å². The van der Waals surface area contributed by atoms with Crippen molar-refractivity contribution in [3.63, 3.8) is 0 Å². The number of para-hydroxylation sites is 3. The number of rotatable bonds is 1. The zero-order valence-corrected chi connectivity index (χ0v) is 28.8. The molecule has 0 aliphatic carbocycles. The molecule has 0 heterocycles. The number of aryl methyl sites for hydroxylation is 3. The van der Waals surface area contributed by atoms with Crippen LogP contribution in [0, 0.1) is 20.8 Å². The molecule has 3 aromatic rings. The number of hydrogen-bond donors (Lipinski definition) is 0. The van der Waals surface area contributed by atoms with Crippen molar-refractivity contribution in [2.75, 3.05) is 7.11 Å². The summed E-state index contributed by atoms with van der Waals surface area (Å²) < 4.78 is 5.04. The van der Waals surface area contributed by atoms with Crippen LogP contribution in [0.1, 0.15) is 57.2 Å². The second kappa shape index (κ2) is 28.6. The Hall–Kier alpha value is 0.333. The second-order valence-electron chi connectivity index (χ2n) is 6.91. The maximum absolute atomic E-state index is 10.6. The van der Waals surface area contributed by atoms with Crippen LogP contribution in [0.15, 0.2) is 72.8 Å². The van der Waals surface area contributed by atoms with E-state index >= 15 is 0 Å². The summed E-state index contributed by atoms with van der Waals surface area (Å²) in [4.78, 5) is 0. The third-order valence-electron chi connectivity index (χ3n) is 3.50. The van der Waals surface area contributed by atoms with Gasteiger partial charge in [0.2, 0.25) is 0 Å². The van der Waals surface area contributed by atoms with E-state index in [9.17, 15) is 10.2 Å². The van der Waals surface area contributed by atoms with Gasteiger partial charge in [-0.15, -0.1) is 11.5 Å². The third-order valence-corrected chi connectivity index (χ3v) is 3.50. The largest absolute Gasteiger partial charge is 1.00 e. The maximum atomic E-state index is 10.6. The smallest absolute Gasteiger partial charge is 0.872 e. The summed E-state index contributed by atoms with van der Waals surface area (Å²) in [6.07, 6.45) is 2.50. The normalized spacial score (nSPS) is 8.00. The third kappa shape index (κ3) is 23.8. The van der Waals surface area contributed by atoms with Gasteiger partial charge in [-0.1, -0.05) is 118 Å². The molecule has 0 atom stereocenters. The first-order valence-corrected chi connectivity index (χ1v) is 10.8. The van der Waals surface area contributed by atoms with E-state index in [1.807, 2.05) is 69.3 Å². The van der Waals surface area contributed by atoms with Crippen LogP contribution in [-0.2, 0) is 0 Å².